The lowest BCUT2D eigenvalue weighted by Gasteiger charge is -2.08. The predicted molar refractivity (Wildman–Crippen MR) is 74.3 cm³/mol. The Kier molecular flexibility index (Phi) is 3.92. The summed E-state index contributed by atoms with van der Waals surface area (Å²) in [4.78, 5) is 5.65. The van der Waals surface area contributed by atoms with E-state index in [-0.39, 0.29) is 0 Å². The smallest absolute Gasteiger partial charge is 0.0346 e. The van der Waals surface area contributed by atoms with Crippen LogP contribution in [0.25, 0.3) is 11.1 Å². The van der Waals surface area contributed by atoms with Crippen molar-refractivity contribution in [1.29, 1.82) is 0 Å². The third-order valence-electron chi connectivity index (χ3n) is 2.57. The summed E-state index contributed by atoms with van der Waals surface area (Å²) in [5.41, 5.74) is 3.71. The summed E-state index contributed by atoms with van der Waals surface area (Å²) in [6.45, 7) is 7.31. The number of nitrogens with one attached hydrogen (secondary N) is 1. The number of aromatic nitrogens is 1. The molecule has 2 aromatic rings. The molecule has 0 amide bonds. The Morgan fingerprint density at radius 3 is 2.71 bits per heavy atom. The Hall–Kier alpha value is -1.19. The molecule has 0 aliphatic heterocycles. The van der Waals surface area contributed by atoms with E-state index >= 15 is 0 Å². The summed E-state index contributed by atoms with van der Waals surface area (Å²) in [5.74, 6) is 0. The fourth-order valence-electron chi connectivity index (χ4n) is 1.66. The standard InChI is InChI=1S/C14H18N2S/c1-10(2)16-7-12-5-13(8-15-6-12)14-4-11(3)17-9-14/h4-6,8-10,16H,7H2,1-3H3. The van der Waals surface area contributed by atoms with Crippen molar-refractivity contribution in [1.82, 2.24) is 10.3 Å². The molecule has 0 radical (unpaired) electrons. The van der Waals surface area contributed by atoms with E-state index in [1.165, 1.54) is 21.6 Å². The third kappa shape index (κ3) is 3.38. The van der Waals surface area contributed by atoms with Gasteiger partial charge in [-0.15, -0.1) is 11.3 Å². The second-order valence-electron chi connectivity index (χ2n) is 4.56. The first kappa shape index (κ1) is 12.3. The lowest BCUT2D eigenvalue weighted by Crippen LogP contribution is -2.21. The Morgan fingerprint density at radius 1 is 1.24 bits per heavy atom. The zero-order valence-electron chi connectivity index (χ0n) is 10.5. The van der Waals surface area contributed by atoms with Crippen LogP contribution in [0, 0.1) is 6.92 Å². The van der Waals surface area contributed by atoms with Crippen molar-refractivity contribution in [2.24, 2.45) is 0 Å². The molecule has 2 heterocycles. The number of hydrogen-bond acceptors (Lipinski definition) is 3. The van der Waals surface area contributed by atoms with Crippen molar-refractivity contribution in [3.05, 3.63) is 40.3 Å². The molecule has 0 aromatic carbocycles. The van der Waals surface area contributed by atoms with Gasteiger partial charge in [-0.3, -0.25) is 4.98 Å². The molecule has 0 spiro atoms. The first-order valence-electron chi connectivity index (χ1n) is 5.88. The van der Waals surface area contributed by atoms with E-state index < -0.39 is 0 Å². The van der Waals surface area contributed by atoms with Gasteiger partial charge in [-0.1, -0.05) is 13.8 Å². The minimum absolute atomic E-state index is 0.502. The van der Waals surface area contributed by atoms with Gasteiger partial charge in [0.1, 0.15) is 0 Å². The molecular formula is C14H18N2S. The van der Waals surface area contributed by atoms with Crippen molar-refractivity contribution in [3.8, 4) is 11.1 Å². The molecule has 0 saturated heterocycles. The Balaban J connectivity index is 2.16. The largest absolute Gasteiger partial charge is 0.310 e. The van der Waals surface area contributed by atoms with Crippen molar-refractivity contribution in [3.63, 3.8) is 0 Å². The van der Waals surface area contributed by atoms with E-state index in [0.29, 0.717) is 6.04 Å². The number of nitrogens with zero attached hydrogens (tertiary/aromatic N) is 1. The average Bonchev–Trinajstić information content (AvgIpc) is 2.74. The van der Waals surface area contributed by atoms with Gasteiger partial charge in [-0.05, 0) is 35.6 Å². The maximum Gasteiger partial charge on any atom is 0.0346 e. The van der Waals surface area contributed by atoms with Crippen LogP contribution in [0.15, 0.2) is 29.9 Å². The number of hydrogen-bond donors (Lipinski definition) is 1. The first-order valence-corrected chi connectivity index (χ1v) is 6.76. The normalized spacial score (nSPS) is 11.1. The van der Waals surface area contributed by atoms with Crippen LogP contribution in [0.4, 0.5) is 0 Å². The topological polar surface area (TPSA) is 24.9 Å². The quantitative estimate of drug-likeness (QED) is 0.891. The summed E-state index contributed by atoms with van der Waals surface area (Å²) < 4.78 is 0. The summed E-state index contributed by atoms with van der Waals surface area (Å²) in [7, 11) is 0. The summed E-state index contributed by atoms with van der Waals surface area (Å²) in [6.07, 6.45) is 3.86. The molecule has 3 heteroatoms. The van der Waals surface area contributed by atoms with Crippen LogP contribution >= 0.6 is 11.3 Å². The van der Waals surface area contributed by atoms with Crippen LogP contribution in [0.2, 0.25) is 0 Å². The lowest BCUT2D eigenvalue weighted by molar-refractivity contribution is 0.588. The van der Waals surface area contributed by atoms with Gasteiger partial charge >= 0.3 is 0 Å². The minimum Gasteiger partial charge on any atom is -0.310 e. The van der Waals surface area contributed by atoms with Gasteiger partial charge in [-0.25, -0.2) is 0 Å². The van der Waals surface area contributed by atoms with Crippen LogP contribution in [0.5, 0.6) is 0 Å². The zero-order chi connectivity index (χ0) is 12.3. The van der Waals surface area contributed by atoms with Crippen LogP contribution in [0.3, 0.4) is 0 Å². The van der Waals surface area contributed by atoms with Gasteiger partial charge < -0.3 is 5.32 Å². The molecule has 0 bridgehead atoms. The van der Waals surface area contributed by atoms with Crippen LogP contribution < -0.4 is 5.32 Å². The van der Waals surface area contributed by atoms with E-state index in [2.05, 4.69) is 48.6 Å². The highest BCUT2D eigenvalue weighted by Gasteiger charge is 2.02. The highest BCUT2D eigenvalue weighted by molar-refractivity contribution is 7.10. The van der Waals surface area contributed by atoms with Crippen LogP contribution in [-0.2, 0) is 6.54 Å². The summed E-state index contributed by atoms with van der Waals surface area (Å²) in [6, 6.07) is 4.92. The molecule has 1 N–H and O–H groups in total. The average molecular weight is 246 g/mol. The number of pyridine rings is 1. The van der Waals surface area contributed by atoms with Gasteiger partial charge in [0.2, 0.25) is 0 Å². The fraction of sp³-hybridized carbons (Fsp3) is 0.357. The SMILES string of the molecule is Cc1cc(-c2cncc(CNC(C)C)c2)cs1. The predicted octanol–water partition coefficient (Wildman–Crippen LogP) is 3.62. The molecule has 2 nitrogen and oxygen atoms in total. The molecule has 2 aromatic heterocycles. The molecule has 0 atom stereocenters. The Bertz CT molecular complexity index is 488. The van der Waals surface area contributed by atoms with Gasteiger partial charge in [0.05, 0.1) is 0 Å². The molecule has 0 saturated carbocycles. The van der Waals surface area contributed by atoms with E-state index in [1.807, 2.05) is 12.4 Å². The van der Waals surface area contributed by atoms with E-state index in [1.54, 1.807) is 11.3 Å². The van der Waals surface area contributed by atoms with Gasteiger partial charge in [0, 0.05) is 35.4 Å². The maximum atomic E-state index is 4.31. The Morgan fingerprint density at radius 2 is 2.06 bits per heavy atom. The molecular weight excluding hydrogens is 228 g/mol. The van der Waals surface area contributed by atoms with E-state index in [0.717, 1.165) is 6.54 Å². The number of rotatable bonds is 4. The summed E-state index contributed by atoms with van der Waals surface area (Å²) in [5, 5.41) is 5.59. The van der Waals surface area contributed by atoms with Crippen LogP contribution in [-0.4, -0.2) is 11.0 Å². The molecule has 2 rings (SSSR count). The fourth-order valence-corrected chi connectivity index (χ4v) is 2.37. The summed E-state index contributed by atoms with van der Waals surface area (Å²) >= 11 is 1.78. The van der Waals surface area contributed by atoms with Crippen molar-refractivity contribution >= 4 is 11.3 Å². The monoisotopic (exact) mass is 246 g/mol. The highest BCUT2D eigenvalue weighted by Crippen LogP contribution is 2.24. The lowest BCUT2D eigenvalue weighted by atomic mass is 10.1. The number of thiophene rings is 1. The van der Waals surface area contributed by atoms with E-state index in [4.69, 9.17) is 0 Å². The first-order chi connectivity index (χ1) is 8.15. The molecule has 0 unspecified atom stereocenters. The third-order valence-corrected chi connectivity index (χ3v) is 3.43. The maximum absolute atomic E-state index is 4.31. The molecule has 17 heavy (non-hydrogen) atoms. The molecule has 0 aliphatic rings. The van der Waals surface area contributed by atoms with Gasteiger partial charge in [-0.2, -0.15) is 0 Å². The molecule has 0 fully saturated rings. The second kappa shape index (κ2) is 5.43. The highest BCUT2D eigenvalue weighted by atomic mass is 32.1. The van der Waals surface area contributed by atoms with Gasteiger partial charge in [0.25, 0.3) is 0 Å². The van der Waals surface area contributed by atoms with Crippen molar-refractivity contribution in [2.75, 3.05) is 0 Å². The number of aryl methyl sites for hydroxylation is 1. The Labute approximate surface area is 107 Å². The second-order valence-corrected chi connectivity index (χ2v) is 5.68. The van der Waals surface area contributed by atoms with Crippen molar-refractivity contribution < 1.29 is 0 Å². The minimum atomic E-state index is 0.502. The van der Waals surface area contributed by atoms with Crippen molar-refractivity contribution in [2.45, 2.75) is 33.4 Å². The molecule has 0 aliphatic carbocycles. The van der Waals surface area contributed by atoms with Crippen LogP contribution in [0.1, 0.15) is 24.3 Å². The van der Waals surface area contributed by atoms with Gasteiger partial charge in [0.15, 0.2) is 0 Å². The van der Waals surface area contributed by atoms with E-state index in [9.17, 15) is 0 Å². The molecule has 90 valence electrons. The zero-order valence-corrected chi connectivity index (χ0v) is 11.3.